The van der Waals surface area contributed by atoms with Gasteiger partial charge in [-0.25, -0.2) is 4.99 Å². The average Bonchev–Trinajstić information content (AvgIpc) is 3.01. The van der Waals surface area contributed by atoms with Gasteiger partial charge in [0.25, 0.3) is 6.02 Å². The minimum Gasteiger partial charge on any atom is -0.462 e. The summed E-state index contributed by atoms with van der Waals surface area (Å²) >= 11 is 0. The SMILES string of the molecule is [2H]C1([2H])OC(N)=NC12c1cc(C#CC(C)C)ccc1C[C@]21CC[C@@H](O)[C@H](C)C1. The maximum Gasteiger partial charge on any atom is 0.283 e. The fraction of sp³-hybridized carbons (Fsp3) is 0.591. The van der Waals surface area contributed by atoms with Gasteiger partial charge in [-0.1, -0.05) is 38.7 Å². The lowest BCUT2D eigenvalue weighted by Crippen LogP contribution is -2.48. The fourth-order valence-corrected chi connectivity index (χ4v) is 4.88. The van der Waals surface area contributed by atoms with Crippen molar-refractivity contribution in [2.75, 3.05) is 6.56 Å². The second kappa shape index (κ2) is 6.03. The molecule has 0 aromatic heterocycles. The molecule has 1 aliphatic heterocycles. The van der Waals surface area contributed by atoms with Crippen molar-refractivity contribution in [1.29, 1.82) is 0 Å². The third-order valence-electron chi connectivity index (χ3n) is 6.17. The topological polar surface area (TPSA) is 67.8 Å². The number of nitrogens with two attached hydrogens (primary N) is 1. The van der Waals surface area contributed by atoms with Gasteiger partial charge in [-0.2, -0.15) is 0 Å². The van der Waals surface area contributed by atoms with E-state index in [9.17, 15) is 5.11 Å². The summed E-state index contributed by atoms with van der Waals surface area (Å²) in [6.45, 7) is 4.06. The molecule has 1 heterocycles. The number of hydrogen-bond acceptors (Lipinski definition) is 4. The highest BCUT2D eigenvalue weighted by molar-refractivity contribution is 5.75. The second-order valence-electron chi connectivity index (χ2n) is 8.41. The minimum atomic E-state index is -2.05. The highest BCUT2D eigenvalue weighted by Gasteiger charge is 2.62. The van der Waals surface area contributed by atoms with Crippen molar-refractivity contribution in [1.82, 2.24) is 0 Å². The Morgan fingerprint density at radius 3 is 2.92 bits per heavy atom. The molecule has 1 fully saturated rings. The van der Waals surface area contributed by atoms with Crippen LogP contribution in [0.25, 0.3) is 0 Å². The van der Waals surface area contributed by atoms with Crippen LogP contribution in [-0.2, 0) is 16.7 Å². The molecule has 2 aliphatic carbocycles. The molecule has 4 rings (SSSR count). The quantitative estimate of drug-likeness (QED) is 0.704. The predicted octanol–water partition coefficient (Wildman–Crippen LogP) is 2.96. The highest BCUT2D eigenvalue weighted by Crippen LogP contribution is 2.61. The van der Waals surface area contributed by atoms with E-state index in [0.717, 1.165) is 16.7 Å². The van der Waals surface area contributed by atoms with Crippen LogP contribution >= 0.6 is 0 Å². The van der Waals surface area contributed by atoms with Crippen LogP contribution < -0.4 is 5.73 Å². The molecule has 2 spiro atoms. The fourth-order valence-electron chi connectivity index (χ4n) is 4.88. The van der Waals surface area contributed by atoms with Crippen molar-refractivity contribution >= 4 is 6.02 Å². The summed E-state index contributed by atoms with van der Waals surface area (Å²) < 4.78 is 23.0. The lowest BCUT2D eigenvalue weighted by Gasteiger charge is -2.47. The van der Waals surface area contributed by atoms with E-state index < -0.39 is 17.5 Å². The summed E-state index contributed by atoms with van der Waals surface area (Å²) in [5.74, 6) is 6.69. The van der Waals surface area contributed by atoms with E-state index in [1.807, 2.05) is 39.0 Å². The van der Waals surface area contributed by atoms with Crippen LogP contribution in [0.3, 0.4) is 0 Å². The number of aliphatic imine (C=N–C) groups is 1. The summed E-state index contributed by atoms with van der Waals surface area (Å²) in [6, 6.07) is 5.92. The molecule has 4 heteroatoms. The summed E-state index contributed by atoms with van der Waals surface area (Å²) in [6.07, 6.45) is 2.32. The van der Waals surface area contributed by atoms with Gasteiger partial charge in [0.2, 0.25) is 0 Å². The average molecular weight is 354 g/mol. The molecular formula is C22H28N2O2. The number of benzene rings is 1. The molecule has 3 aliphatic rings. The molecule has 0 radical (unpaired) electrons. The lowest BCUT2D eigenvalue weighted by atomic mass is 9.59. The van der Waals surface area contributed by atoms with E-state index in [1.165, 1.54) is 0 Å². The third-order valence-corrected chi connectivity index (χ3v) is 6.17. The molecule has 0 saturated heterocycles. The van der Waals surface area contributed by atoms with E-state index in [-0.39, 0.29) is 24.0 Å². The van der Waals surface area contributed by atoms with Gasteiger partial charge in [-0.15, -0.1) is 0 Å². The van der Waals surface area contributed by atoms with E-state index in [4.69, 9.17) is 13.2 Å². The maximum atomic E-state index is 10.3. The van der Waals surface area contributed by atoms with Crippen LogP contribution in [-0.4, -0.2) is 23.8 Å². The first-order valence-corrected chi connectivity index (χ1v) is 9.48. The van der Waals surface area contributed by atoms with Crippen molar-refractivity contribution < 1.29 is 12.6 Å². The number of rotatable bonds is 0. The Morgan fingerprint density at radius 2 is 2.27 bits per heavy atom. The number of aliphatic hydroxyl groups excluding tert-OH is 1. The smallest absolute Gasteiger partial charge is 0.283 e. The summed E-state index contributed by atoms with van der Waals surface area (Å²) in [5.41, 5.74) is 7.00. The number of nitrogens with zero attached hydrogens (tertiary/aromatic N) is 1. The first-order valence-electron chi connectivity index (χ1n) is 10.5. The highest BCUT2D eigenvalue weighted by atomic mass is 16.5. The summed E-state index contributed by atoms with van der Waals surface area (Å²) in [7, 11) is 0. The van der Waals surface area contributed by atoms with Crippen molar-refractivity contribution in [2.24, 2.45) is 28.0 Å². The number of fused-ring (bicyclic) bond motifs is 3. The van der Waals surface area contributed by atoms with Crippen LogP contribution in [0.1, 0.15) is 59.5 Å². The van der Waals surface area contributed by atoms with E-state index in [0.29, 0.717) is 25.7 Å². The molecule has 1 aromatic carbocycles. The standard InChI is InChI=1S/C22H28N2O2/c1-14(2)4-5-16-6-7-17-12-21(9-8-19(25)15(3)11-21)22(18(17)10-16)13-26-20(23)24-22/h6-7,10,14-15,19,25H,8-9,11-13H2,1-3H3,(H2,23,24)/t15-,19-,21-,22?/m1/s1/i13D2. The summed E-state index contributed by atoms with van der Waals surface area (Å²) in [5, 5.41) is 10.3. The van der Waals surface area contributed by atoms with E-state index in [2.05, 4.69) is 16.8 Å². The van der Waals surface area contributed by atoms with Crippen molar-refractivity contribution in [3.63, 3.8) is 0 Å². The first kappa shape index (κ1) is 15.1. The molecule has 26 heavy (non-hydrogen) atoms. The van der Waals surface area contributed by atoms with Gasteiger partial charge in [0, 0.05) is 16.9 Å². The Bertz CT molecular complexity index is 902. The van der Waals surface area contributed by atoms with Crippen LogP contribution in [0.4, 0.5) is 0 Å². The Kier molecular flexibility index (Phi) is 3.50. The second-order valence-corrected chi connectivity index (χ2v) is 8.41. The number of hydrogen-bond donors (Lipinski definition) is 2. The molecule has 1 saturated carbocycles. The van der Waals surface area contributed by atoms with Gasteiger partial charge < -0.3 is 15.6 Å². The van der Waals surface area contributed by atoms with E-state index >= 15 is 0 Å². The van der Waals surface area contributed by atoms with Gasteiger partial charge in [0.05, 0.1) is 8.85 Å². The number of amidine groups is 1. The molecular weight excluding hydrogens is 324 g/mol. The molecule has 0 bridgehead atoms. The Morgan fingerprint density at radius 1 is 1.46 bits per heavy atom. The van der Waals surface area contributed by atoms with Crippen molar-refractivity contribution in [2.45, 2.75) is 58.1 Å². The normalized spacial score (nSPS) is 38.3. The van der Waals surface area contributed by atoms with Gasteiger partial charge in [0.1, 0.15) is 12.1 Å². The third kappa shape index (κ3) is 2.53. The zero-order valence-corrected chi connectivity index (χ0v) is 15.7. The van der Waals surface area contributed by atoms with Crippen LogP contribution in [0.5, 0.6) is 0 Å². The van der Waals surface area contributed by atoms with Crippen molar-refractivity contribution in [3.05, 3.63) is 34.9 Å². The monoisotopic (exact) mass is 354 g/mol. The number of ether oxygens (including phenoxy) is 1. The van der Waals surface area contributed by atoms with Gasteiger partial charge in [0.15, 0.2) is 0 Å². The molecule has 0 amide bonds. The largest absolute Gasteiger partial charge is 0.462 e. The number of aliphatic hydroxyl groups is 1. The Hall–Kier alpha value is -1.99. The Labute approximate surface area is 158 Å². The lowest BCUT2D eigenvalue weighted by molar-refractivity contribution is -0.0253. The predicted molar refractivity (Wildman–Crippen MR) is 103 cm³/mol. The molecule has 138 valence electrons. The minimum absolute atomic E-state index is 0.0629. The molecule has 4 nitrogen and oxygen atoms in total. The van der Waals surface area contributed by atoms with Gasteiger partial charge in [-0.3, -0.25) is 0 Å². The van der Waals surface area contributed by atoms with Crippen LogP contribution in [0.15, 0.2) is 23.2 Å². The molecule has 1 aromatic rings. The maximum absolute atomic E-state index is 10.3. The zero-order valence-electron chi connectivity index (χ0n) is 17.7. The molecule has 3 N–H and O–H groups in total. The van der Waals surface area contributed by atoms with Crippen molar-refractivity contribution in [3.8, 4) is 11.8 Å². The molecule has 4 atom stereocenters. The first-order chi connectivity index (χ1) is 13.1. The van der Waals surface area contributed by atoms with Gasteiger partial charge in [-0.05, 0) is 54.9 Å². The van der Waals surface area contributed by atoms with E-state index in [1.54, 1.807) is 0 Å². The Balaban J connectivity index is 1.91. The van der Waals surface area contributed by atoms with Crippen LogP contribution in [0, 0.1) is 29.1 Å². The zero-order chi connectivity index (χ0) is 20.3. The van der Waals surface area contributed by atoms with Crippen LogP contribution in [0.2, 0.25) is 0 Å². The summed E-state index contributed by atoms with van der Waals surface area (Å²) in [4.78, 5) is 4.65. The van der Waals surface area contributed by atoms with Gasteiger partial charge >= 0.3 is 0 Å². The molecule has 1 unspecified atom stereocenters.